The molecule has 2 aromatic rings. The fourth-order valence-corrected chi connectivity index (χ4v) is 5.96. The number of sulfonamides is 1. The van der Waals surface area contributed by atoms with Gasteiger partial charge in [0, 0.05) is 11.3 Å². The van der Waals surface area contributed by atoms with Gasteiger partial charge < -0.3 is 10.6 Å². The molecule has 9 heteroatoms. The minimum Gasteiger partial charge on any atom is -0.325 e. The Balaban J connectivity index is 1.38. The third kappa shape index (κ3) is 5.42. The number of amides is 2. The van der Waals surface area contributed by atoms with Crippen molar-refractivity contribution < 1.29 is 22.4 Å². The van der Waals surface area contributed by atoms with Crippen molar-refractivity contribution in [1.29, 1.82) is 0 Å². The number of benzene rings is 2. The average molecular weight is 474 g/mol. The lowest BCUT2D eigenvalue weighted by Crippen LogP contribution is -2.42. The first-order valence-corrected chi connectivity index (χ1v) is 12.8. The van der Waals surface area contributed by atoms with Gasteiger partial charge in [-0.15, -0.1) is 0 Å². The highest BCUT2D eigenvalue weighted by Crippen LogP contribution is 2.36. The second-order valence-corrected chi connectivity index (χ2v) is 10.4. The van der Waals surface area contributed by atoms with E-state index in [0.717, 1.165) is 25.1 Å². The molecule has 1 saturated carbocycles. The zero-order valence-corrected chi connectivity index (χ0v) is 19.0. The van der Waals surface area contributed by atoms with Crippen molar-refractivity contribution in [2.24, 2.45) is 11.8 Å². The van der Waals surface area contributed by atoms with Gasteiger partial charge in [0.25, 0.3) is 15.9 Å². The van der Waals surface area contributed by atoms with E-state index in [-0.39, 0.29) is 17.5 Å². The Morgan fingerprint density at radius 1 is 0.939 bits per heavy atom. The molecule has 7 nitrogen and oxygen atoms in total. The van der Waals surface area contributed by atoms with E-state index in [9.17, 15) is 22.4 Å². The van der Waals surface area contributed by atoms with Crippen LogP contribution in [0, 0.1) is 17.7 Å². The van der Waals surface area contributed by atoms with Crippen molar-refractivity contribution in [3.8, 4) is 0 Å². The van der Waals surface area contributed by atoms with E-state index in [2.05, 4.69) is 10.6 Å². The van der Waals surface area contributed by atoms with Gasteiger partial charge in [0.2, 0.25) is 5.91 Å². The molecule has 33 heavy (non-hydrogen) atoms. The van der Waals surface area contributed by atoms with Crippen LogP contribution in [0.2, 0.25) is 0 Å². The SMILES string of the molecule is O=C(NS(=O)(=O)c1ccccc1F)c1ccc(NC(=O)[C@H]2NCC[C@H]2C2CCCCC2)cc1. The fourth-order valence-electron chi connectivity index (χ4n) is 4.90. The maximum Gasteiger partial charge on any atom is 0.267 e. The largest absolute Gasteiger partial charge is 0.325 e. The molecular weight excluding hydrogens is 445 g/mol. The molecule has 2 atom stereocenters. The van der Waals surface area contributed by atoms with E-state index in [1.54, 1.807) is 12.1 Å². The number of halogens is 1. The van der Waals surface area contributed by atoms with E-state index in [4.69, 9.17) is 0 Å². The van der Waals surface area contributed by atoms with Gasteiger partial charge in [-0.25, -0.2) is 17.5 Å². The molecule has 4 rings (SSSR count). The molecule has 2 amide bonds. The lowest BCUT2D eigenvalue weighted by Gasteiger charge is -2.30. The van der Waals surface area contributed by atoms with Crippen molar-refractivity contribution in [3.63, 3.8) is 0 Å². The molecule has 0 spiro atoms. The summed E-state index contributed by atoms with van der Waals surface area (Å²) in [6.45, 7) is 0.828. The van der Waals surface area contributed by atoms with Crippen molar-refractivity contribution in [3.05, 3.63) is 59.9 Å². The highest BCUT2D eigenvalue weighted by atomic mass is 32.2. The van der Waals surface area contributed by atoms with E-state index < -0.39 is 26.6 Å². The second-order valence-electron chi connectivity index (χ2n) is 8.71. The summed E-state index contributed by atoms with van der Waals surface area (Å²) in [5, 5.41) is 6.23. The third-order valence-electron chi connectivity index (χ3n) is 6.58. The van der Waals surface area contributed by atoms with Gasteiger partial charge in [0.05, 0.1) is 6.04 Å². The normalized spacial score (nSPS) is 21.5. The molecule has 2 aromatic carbocycles. The lowest BCUT2D eigenvalue weighted by molar-refractivity contribution is -0.119. The van der Waals surface area contributed by atoms with Crippen LogP contribution in [0.15, 0.2) is 53.4 Å². The number of carbonyl (C=O) groups is 2. The smallest absolute Gasteiger partial charge is 0.267 e. The van der Waals surface area contributed by atoms with E-state index in [0.29, 0.717) is 17.5 Å². The van der Waals surface area contributed by atoms with Crippen LogP contribution in [0.25, 0.3) is 0 Å². The Morgan fingerprint density at radius 2 is 1.64 bits per heavy atom. The predicted octanol–water partition coefficient (Wildman–Crippen LogP) is 3.44. The Kier molecular flexibility index (Phi) is 7.09. The quantitative estimate of drug-likeness (QED) is 0.596. The van der Waals surface area contributed by atoms with E-state index in [1.807, 2.05) is 4.72 Å². The molecule has 2 aliphatic rings. The van der Waals surface area contributed by atoms with E-state index in [1.165, 1.54) is 56.4 Å². The number of anilines is 1. The topological polar surface area (TPSA) is 104 Å². The maximum absolute atomic E-state index is 13.8. The molecule has 1 aliphatic heterocycles. The Hall–Kier alpha value is -2.78. The minimum absolute atomic E-state index is 0.0759. The van der Waals surface area contributed by atoms with Crippen molar-refractivity contribution in [2.45, 2.75) is 49.5 Å². The molecule has 2 fully saturated rings. The van der Waals surface area contributed by atoms with Crippen molar-refractivity contribution in [1.82, 2.24) is 10.0 Å². The zero-order chi connectivity index (χ0) is 23.4. The first-order chi connectivity index (χ1) is 15.8. The van der Waals surface area contributed by atoms with Crippen LogP contribution in [-0.2, 0) is 14.8 Å². The van der Waals surface area contributed by atoms with E-state index >= 15 is 0 Å². The maximum atomic E-state index is 13.8. The van der Waals surface area contributed by atoms with Gasteiger partial charge in [-0.2, -0.15) is 0 Å². The summed E-state index contributed by atoms with van der Waals surface area (Å²) >= 11 is 0. The van der Waals surface area contributed by atoms with Crippen LogP contribution in [0.3, 0.4) is 0 Å². The highest BCUT2D eigenvalue weighted by molar-refractivity contribution is 7.90. The zero-order valence-electron chi connectivity index (χ0n) is 18.2. The summed E-state index contributed by atoms with van der Waals surface area (Å²) in [5.74, 6) is -1.01. The van der Waals surface area contributed by atoms with Gasteiger partial charge in [0.1, 0.15) is 10.7 Å². The number of hydrogen-bond acceptors (Lipinski definition) is 5. The number of rotatable bonds is 6. The third-order valence-corrected chi connectivity index (χ3v) is 7.94. The predicted molar refractivity (Wildman–Crippen MR) is 123 cm³/mol. The Labute approximate surface area is 193 Å². The second kappa shape index (κ2) is 10.0. The highest BCUT2D eigenvalue weighted by Gasteiger charge is 2.38. The van der Waals surface area contributed by atoms with Gasteiger partial charge in [-0.1, -0.05) is 44.2 Å². The fraction of sp³-hybridized carbons (Fsp3) is 0.417. The molecule has 176 valence electrons. The van der Waals surface area contributed by atoms with Gasteiger partial charge in [0.15, 0.2) is 0 Å². The summed E-state index contributed by atoms with van der Waals surface area (Å²) in [6.07, 6.45) is 7.08. The molecule has 0 aromatic heterocycles. The molecule has 0 unspecified atom stereocenters. The average Bonchev–Trinajstić information content (AvgIpc) is 3.30. The molecule has 1 saturated heterocycles. The molecule has 0 radical (unpaired) electrons. The summed E-state index contributed by atoms with van der Waals surface area (Å²) in [6, 6.07) is 10.5. The number of nitrogens with one attached hydrogen (secondary N) is 3. The van der Waals surface area contributed by atoms with Crippen LogP contribution in [0.5, 0.6) is 0 Å². The van der Waals surface area contributed by atoms with Crippen LogP contribution in [-0.4, -0.2) is 32.8 Å². The number of hydrogen-bond donors (Lipinski definition) is 3. The first-order valence-electron chi connectivity index (χ1n) is 11.3. The molecule has 0 bridgehead atoms. The lowest BCUT2D eigenvalue weighted by atomic mass is 9.76. The Morgan fingerprint density at radius 3 is 2.33 bits per heavy atom. The van der Waals surface area contributed by atoms with Crippen LogP contribution >= 0.6 is 0 Å². The van der Waals surface area contributed by atoms with Crippen LogP contribution in [0.1, 0.15) is 48.9 Å². The van der Waals surface area contributed by atoms with Crippen LogP contribution < -0.4 is 15.4 Å². The first kappa shape index (κ1) is 23.4. The summed E-state index contributed by atoms with van der Waals surface area (Å²) < 4.78 is 40.3. The molecule has 1 heterocycles. The van der Waals surface area contributed by atoms with Crippen molar-refractivity contribution in [2.75, 3.05) is 11.9 Å². The molecule has 1 aliphatic carbocycles. The Bertz CT molecular complexity index is 1110. The standard InChI is InChI=1S/C24H28FN3O4S/c25-20-8-4-5-9-21(20)33(31,32)28-23(29)17-10-12-18(13-11-17)27-24(30)22-19(14-15-26-22)16-6-2-1-3-7-16/h4-5,8-13,16,19,22,26H,1-3,6-7,14-15H2,(H,27,30)(H,28,29)/t19-,22-/m0/s1. The van der Waals surface area contributed by atoms with Gasteiger partial charge in [-0.05, 0) is 61.2 Å². The molecular formula is C24H28FN3O4S. The monoisotopic (exact) mass is 473 g/mol. The summed E-state index contributed by atoms with van der Waals surface area (Å²) in [7, 11) is -4.35. The molecule has 3 N–H and O–H groups in total. The minimum atomic E-state index is -4.35. The van der Waals surface area contributed by atoms with Gasteiger partial charge >= 0.3 is 0 Å². The number of carbonyl (C=O) groups excluding carboxylic acids is 2. The van der Waals surface area contributed by atoms with Crippen molar-refractivity contribution >= 4 is 27.5 Å². The van der Waals surface area contributed by atoms with Gasteiger partial charge in [-0.3, -0.25) is 9.59 Å². The van der Waals surface area contributed by atoms with Crippen LogP contribution in [0.4, 0.5) is 10.1 Å². The summed E-state index contributed by atoms with van der Waals surface area (Å²) in [4.78, 5) is 24.7. The summed E-state index contributed by atoms with van der Waals surface area (Å²) in [5.41, 5.74) is 0.594.